The van der Waals surface area contributed by atoms with Crippen LogP contribution in [0.25, 0.3) is 0 Å². The molecule has 0 unspecified atom stereocenters. The largest absolute Gasteiger partial charge is 0.490 e. The minimum absolute atomic E-state index is 0.00551. The molecule has 7 N–H and O–H groups in total. The first-order valence-electron chi connectivity index (χ1n) is 10.8. The van der Waals surface area contributed by atoms with Gasteiger partial charge in [-0.05, 0) is 48.2 Å². The number of nitrogens with two attached hydrogens (primary N) is 2. The van der Waals surface area contributed by atoms with E-state index in [1.807, 2.05) is 30.3 Å². The lowest BCUT2D eigenvalue weighted by Crippen LogP contribution is -2.21. The molecule has 0 bridgehead atoms. The van der Waals surface area contributed by atoms with E-state index < -0.39 is 18.1 Å². The summed E-state index contributed by atoms with van der Waals surface area (Å²) in [5, 5.41) is 14.7. The Morgan fingerprint density at radius 1 is 1.00 bits per heavy atom. The molecule has 12 heteroatoms. The van der Waals surface area contributed by atoms with Crippen molar-refractivity contribution in [3.8, 4) is 0 Å². The number of amidine groups is 1. The molecule has 3 aromatic rings. The van der Waals surface area contributed by atoms with Gasteiger partial charge in [-0.15, -0.1) is 0 Å². The molecular formula is C25H25F3N4O5. The number of benzene rings is 2. The van der Waals surface area contributed by atoms with E-state index >= 15 is 0 Å². The molecule has 1 heterocycles. The molecular weight excluding hydrogens is 493 g/mol. The summed E-state index contributed by atoms with van der Waals surface area (Å²) in [7, 11) is 0. The maximum atomic E-state index is 12.7. The number of carbonyl (C=O) groups is 3. The molecule has 2 aromatic carbocycles. The van der Waals surface area contributed by atoms with Crippen LogP contribution in [0.2, 0.25) is 0 Å². The molecule has 196 valence electrons. The number of aromatic nitrogens is 1. The number of primary amides is 1. The van der Waals surface area contributed by atoms with Crippen molar-refractivity contribution < 1.29 is 37.4 Å². The highest BCUT2D eigenvalue weighted by Crippen LogP contribution is 2.23. The zero-order chi connectivity index (χ0) is 27.8. The lowest BCUT2D eigenvalue weighted by Gasteiger charge is -2.09. The Hall–Kier alpha value is -4.61. The first-order chi connectivity index (χ1) is 17.3. The predicted molar refractivity (Wildman–Crippen MR) is 128 cm³/mol. The Labute approximate surface area is 209 Å². The van der Waals surface area contributed by atoms with Crippen molar-refractivity contribution in [2.24, 2.45) is 11.5 Å². The normalized spacial score (nSPS) is 10.7. The summed E-state index contributed by atoms with van der Waals surface area (Å²) >= 11 is 0. The van der Waals surface area contributed by atoms with E-state index in [-0.39, 0.29) is 18.4 Å². The van der Waals surface area contributed by atoms with Gasteiger partial charge >= 0.3 is 18.1 Å². The number of hydrogen-bond donors (Lipinski definition) is 5. The van der Waals surface area contributed by atoms with Crippen LogP contribution in [0.15, 0.2) is 54.7 Å². The molecule has 1 amide bonds. The van der Waals surface area contributed by atoms with Crippen LogP contribution in [-0.2, 0) is 22.4 Å². The van der Waals surface area contributed by atoms with Crippen molar-refractivity contribution >= 4 is 23.7 Å². The smallest absolute Gasteiger partial charge is 0.475 e. The number of ether oxygens (including phenoxy) is 1. The summed E-state index contributed by atoms with van der Waals surface area (Å²) in [5.41, 5.74) is 15.8. The first kappa shape index (κ1) is 28.6. The Bertz CT molecular complexity index is 1280. The molecule has 0 saturated heterocycles. The Balaban J connectivity index is 0.000000604. The van der Waals surface area contributed by atoms with Crippen molar-refractivity contribution in [2.45, 2.75) is 25.9 Å². The van der Waals surface area contributed by atoms with Gasteiger partial charge in [0.05, 0.1) is 12.2 Å². The van der Waals surface area contributed by atoms with E-state index in [1.54, 1.807) is 31.3 Å². The molecule has 1 aromatic heterocycles. The number of carbonyl (C=O) groups excluding carboxylic acids is 2. The summed E-state index contributed by atoms with van der Waals surface area (Å²) in [6.07, 6.45) is -2.31. The van der Waals surface area contributed by atoms with Gasteiger partial charge in [-0.2, -0.15) is 13.2 Å². The highest BCUT2D eigenvalue weighted by atomic mass is 19.4. The summed E-state index contributed by atoms with van der Waals surface area (Å²) in [4.78, 5) is 36.0. The SMILES string of the molecule is CCOC(=O)c1c(Cc2ccc(C(N)=O)cc2)c[nH]c1Cc1cccc(C(=N)N)c1.O=C(O)C(F)(F)F. The summed E-state index contributed by atoms with van der Waals surface area (Å²) in [6, 6.07) is 14.3. The van der Waals surface area contributed by atoms with Crippen LogP contribution in [0.5, 0.6) is 0 Å². The third-order valence-corrected chi connectivity index (χ3v) is 5.02. The van der Waals surface area contributed by atoms with Gasteiger partial charge in [0.25, 0.3) is 0 Å². The number of nitrogens with one attached hydrogen (secondary N) is 2. The number of aliphatic carboxylic acids is 1. The summed E-state index contributed by atoms with van der Waals surface area (Å²) in [6.45, 7) is 2.04. The van der Waals surface area contributed by atoms with E-state index in [9.17, 15) is 22.8 Å². The van der Waals surface area contributed by atoms with Crippen molar-refractivity contribution in [3.63, 3.8) is 0 Å². The lowest BCUT2D eigenvalue weighted by molar-refractivity contribution is -0.192. The number of H-pyrrole nitrogens is 1. The third-order valence-electron chi connectivity index (χ3n) is 5.02. The highest BCUT2D eigenvalue weighted by molar-refractivity contribution is 5.95. The number of halogens is 3. The van der Waals surface area contributed by atoms with Crippen molar-refractivity contribution in [3.05, 3.63) is 93.8 Å². The topological polar surface area (TPSA) is 172 Å². The van der Waals surface area contributed by atoms with Gasteiger partial charge < -0.3 is 26.3 Å². The number of aromatic amines is 1. The monoisotopic (exact) mass is 518 g/mol. The number of nitrogen functional groups attached to an aromatic ring is 1. The number of alkyl halides is 3. The molecule has 0 aliphatic rings. The Kier molecular flexibility index (Phi) is 9.58. The molecule has 0 aliphatic carbocycles. The van der Waals surface area contributed by atoms with Crippen LogP contribution in [0.3, 0.4) is 0 Å². The number of esters is 1. The average Bonchev–Trinajstić information content (AvgIpc) is 3.21. The van der Waals surface area contributed by atoms with Gasteiger partial charge in [-0.3, -0.25) is 10.2 Å². The van der Waals surface area contributed by atoms with Crippen molar-refractivity contribution in [2.75, 3.05) is 6.61 Å². The minimum Gasteiger partial charge on any atom is -0.475 e. The van der Waals surface area contributed by atoms with Gasteiger partial charge in [-0.25, -0.2) is 9.59 Å². The average molecular weight is 518 g/mol. The van der Waals surface area contributed by atoms with Crippen LogP contribution in [-0.4, -0.2) is 46.6 Å². The van der Waals surface area contributed by atoms with Crippen LogP contribution in [0.4, 0.5) is 13.2 Å². The molecule has 0 fully saturated rings. The number of carboxylic acid groups (broad SMARTS) is 1. The molecule has 0 spiro atoms. The maximum absolute atomic E-state index is 12.7. The molecule has 0 atom stereocenters. The number of amides is 1. The van der Waals surface area contributed by atoms with E-state index in [4.69, 9.17) is 31.5 Å². The number of rotatable bonds is 8. The molecule has 0 saturated carbocycles. The minimum atomic E-state index is -5.08. The molecule has 9 nitrogen and oxygen atoms in total. The Morgan fingerprint density at radius 3 is 2.14 bits per heavy atom. The van der Waals surface area contributed by atoms with E-state index in [2.05, 4.69) is 4.98 Å². The van der Waals surface area contributed by atoms with Gasteiger partial charge in [0.15, 0.2) is 0 Å². The zero-order valence-corrected chi connectivity index (χ0v) is 19.7. The first-order valence-corrected chi connectivity index (χ1v) is 10.8. The number of hydrogen-bond acceptors (Lipinski definition) is 5. The second kappa shape index (κ2) is 12.4. The molecule has 37 heavy (non-hydrogen) atoms. The second-order valence-corrected chi connectivity index (χ2v) is 7.72. The zero-order valence-electron chi connectivity index (χ0n) is 19.7. The van der Waals surface area contributed by atoms with Gasteiger partial charge in [0.2, 0.25) is 5.91 Å². The standard InChI is InChI=1S/C23H24N4O3.C2HF3O2/c1-2-30-23(29)20-18(10-14-6-8-16(9-7-14)22(26)28)13-27-19(20)12-15-4-3-5-17(11-15)21(24)25;3-2(4,5)1(6)7/h3-9,11,13,27H,2,10,12H2,1H3,(H3,24,25)(H2,26,28);(H,6,7). The third kappa shape index (κ3) is 8.23. The van der Waals surface area contributed by atoms with E-state index in [0.717, 1.165) is 22.4 Å². The van der Waals surface area contributed by atoms with Crippen molar-refractivity contribution in [1.29, 1.82) is 5.41 Å². The van der Waals surface area contributed by atoms with E-state index in [0.29, 0.717) is 29.5 Å². The molecule has 0 aliphatic heterocycles. The fourth-order valence-electron chi connectivity index (χ4n) is 3.31. The molecule has 3 rings (SSSR count). The van der Waals surface area contributed by atoms with Crippen LogP contribution >= 0.6 is 0 Å². The fraction of sp³-hybridized carbons (Fsp3) is 0.200. The van der Waals surface area contributed by atoms with Crippen LogP contribution in [0.1, 0.15) is 55.6 Å². The van der Waals surface area contributed by atoms with Gasteiger partial charge in [0, 0.05) is 29.4 Å². The lowest BCUT2D eigenvalue weighted by atomic mass is 9.98. The predicted octanol–water partition coefficient (Wildman–Crippen LogP) is 3.39. The fourth-order valence-corrected chi connectivity index (χ4v) is 3.31. The Morgan fingerprint density at radius 2 is 1.62 bits per heavy atom. The highest BCUT2D eigenvalue weighted by Gasteiger charge is 2.38. The van der Waals surface area contributed by atoms with Crippen LogP contribution < -0.4 is 11.5 Å². The quantitative estimate of drug-likeness (QED) is 0.174. The maximum Gasteiger partial charge on any atom is 0.490 e. The van der Waals surface area contributed by atoms with Gasteiger partial charge in [0.1, 0.15) is 5.84 Å². The van der Waals surface area contributed by atoms with Gasteiger partial charge in [-0.1, -0.05) is 30.3 Å². The summed E-state index contributed by atoms with van der Waals surface area (Å²) < 4.78 is 37.0. The van der Waals surface area contributed by atoms with E-state index in [1.165, 1.54) is 0 Å². The van der Waals surface area contributed by atoms with Crippen molar-refractivity contribution in [1.82, 2.24) is 4.98 Å². The second-order valence-electron chi connectivity index (χ2n) is 7.72. The van der Waals surface area contributed by atoms with Crippen LogP contribution in [0, 0.1) is 5.41 Å². The number of carboxylic acids is 1. The summed E-state index contributed by atoms with van der Waals surface area (Å²) in [5.74, 6) is -3.63. The molecule has 0 radical (unpaired) electrons.